The van der Waals surface area contributed by atoms with Crippen molar-refractivity contribution in [2.45, 2.75) is 44.1 Å². The highest BCUT2D eigenvalue weighted by Gasteiger charge is 2.24. The van der Waals surface area contributed by atoms with Gasteiger partial charge in [-0.2, -0.15) is 0 Å². The smallest absolute Gasteiger partial charge is 0.0608 e. The summed E-state index contributed by atoms with van der Waals surface area (Å²) in [6.45, 7) is 0. The molecule has 0 spiro atoms. The topological polar surface area (TPSA) is 20.2 Å². The largest absolute Gasteiger partial charge is 0.392 e. The monoisotopic (exact) mass is 240 g/mol. The Bertz CT molecular complexity index is 527. The van der Waals surface area contributed by atoms with Crippen molar-refractivity contribution in [1.29, 1.82) is 0 Å². The molecular formula is C17H20O. The number of aliphatic hydroxyl groups is 1. The first-order valence-electron chi connectivity index (χ1n) is 7.02. The number of aliphatic hydroxyl groups excluding tert-OH is 1. The Morgan fingerprint density at radius 3 is 2.56 bits per heavy atom. The van der Waals surface area contributed by atoms with Gasteiger partial charge in [0.15, 0.2) is 0 Å². The van der Waals surface area contributed by atoms with Crippen LogP contribution < -0.4 is 0 Å². The molecule has 1 aliphatic rings. The molecule has 1 nitrogen and oxygen atoms in total. The number of hydrogen-bond donors (Lipinski definition) is 1. The molecule has 0 radical (unpaired) electrons. The Balaban J connectivity index is 2.07. The van der Waals surface area contributed by atoms with Crippen LogP contribution in [0.15, 0.2) is 42.5 Å². The van der Waals surface area contributed by atoms with E-state index in [1.807, 2.05) is 0 Å². The first-order valence-corrected chi connectivity index (χ1v) is 7.02. The predicted molar refractivity (Wildman–Crippen MR) is 75.8 cm³/mol. The molecule has 1 heteroatoms. The second kappa shape index (κ2) is 5.11. The Morgan fingerprint density at radius 1 is 0.833 bits per heavy atom. The number of hydrogen-bond acceptors (Lipinski definition) is 1. The second-order valence-corrected chi connectivity index (χ2v) is 5.38. The highest BCUT2D eigenvalue weighted by Crippen LogP contribution is 2.35. The van der Waals surface area contributed by atoms with E-state index in [4.69, 9.17) is 0 Å². The van der Waals surface area contributed by atoms with Crippen molar-refractivity contribution in [3.05, 3.63) is 48.0 Å². The van der Waals surface area contributed by atoms with Gasteiger partial charge in [0, 0.05) is 5.92 Å². The van der Waals surface area contributed by atoms with Gasteiger partial charge in [0.05, 0.1) is 6.10 Å². The third-order valence-corrected chi connectivity index (χ3v) is 4.20. The van der Waals surface area contributed by atoms with E-state index in [0.29, 0.717) is 5.92 Å². The van der Waals surface area contributed by atoms with Gasteiger partial charge in [-0.25, -0.2) is 0 Å². The van der Waals surface area contributed by atoms with Crippen LogP contribution in [0.5, 0.6) is 0 Å². The first kappa shape index (κ1) is 11.7. The molecule has 1 saturated carbocycles. The molecule has 0 aliphatic heterocycles. The molecule has 1 N–H and O–H groups in total. The molecule has 18 heavy (non-hydrogen) atoms. The summed E-state index contributed by atoms with van der Waals surface area (Å²) in [6.07, 6.45) is 5.58. The molecule has 0 saturated heterocycles. The average Bonchev–Trinajstić information content (AvgIpc) is 2.63. The maximum Gasteiger partial charge on any atom is 0.0608 e. The summed E-state index contributed by atoms with van der Waals surface area (Å²) in [5, 5.41) is 13.0. The van der Waals surface area contributed by atoms with E-state index >= 15 is 0 Å². The van der Waals surface area contributed by atoms with Crippen molar-refractivity contribution in [1.82, 2.24) is 0 Å². The SMILES string of the molecule is O[C@@H]1CCCCC[C@H]1c1cccc2ccccc12. The Morgan fingerprint density at radius 2 is 1.61 bits per heavy atom. The van der Waals surface area contributed by atoms with Gasteiger partial charge < -0.3 is 5.11 Å². The number of benzene rings is 2. The van der Waals surface area contributed by atoms with E-state index in [9.17, 15) is 5.11 Å². The van der Waals surface area contributed by atoms with Gasteiger partial charge >= 0.3 is 0 Å². The fourth-order valence-electron chi connectivity index (χ4n) is 3.22. The Kier molecular flexibility index (Phi) is 3.33. The molecule has 0 bridgehead atoms. The summed E-state index contributed by atoms with van der Waals surface area (Å²) in [6, 6.07) is 15.0. The van der Waals surface area contributed by atoms with Crippen molar-refractivity contribution in [3.63, 3.8) is 0 Å². The lowest BCUT2D eigenvalue weighted by Crippen LogP contribution is -2.17. The molecule has 1 fully saturated rings. The first-order chi connectivity index (χ1) is 8.86. The van der Waals surface area contributed by atoms with Gasteiger partial charge in [0.2, 0.25) is 0 Å². The van der Waals surface area contributed by atoms with Crippen molar-refractivity contribution >= 4 is 10.8 Å². The van der Waals surface area contributed by atoms with Crippen molar-refractivity contribution in [2.75, 3.05) is 0 Å². The van der Waals surface area contributed by atoms with E-state index < -0.39 is 0 Å². The average molecular weight is 240 g/mol. The molecule has 0 heterocycles. The van der Waals surface area contributed by atoms with E-state index in [1.165, 1.54) is 35.6 Å². The molecule has 2 atom stereocenters. The van der Waals surface area contributed by atoms with E-state index in [0.717, 1.165) is 12.8 Å². The Labute approximate surface area is 108 Å². The van der Waals surface area contributed by atoms with Gasteiger partial charge in [-0.05, 0) is 29.2 Å². The summed E-state index contributed by atoms with van der Waals surface area (Å²) >= 11 is 0. The van der Waals surface area contributed by atoms with Crippen LogP contribution >= 0.6 is 0 Å². The zero-order chi connectivity index (χ0) is 12.4. The fourth-order valence-corrected chi connectivity index (χ4v) is 3.22. The highest BCUT2D eigenvalue weighted by molar-refractivity contribution is 5.86. The lowest BCUT2D eigenvalue weighted by molar-refractivity contribution is 0.136. The van der Waals surface area contributed by atoms with Crippen LogP contribution in [0.25, 0.3) is 10.8 Å². The van der Waals surface area contributed by atoms with Crippen LogP contribution in [0.4, 0.5) is 0 Å². The molecule has 3 rings (SSSR count). The quantitative estimate of drug-likeness (QED) is 0.739. The summed E-state index contributed by atoms with van der Waals surface area (Å²) in [5.74, 6) is 0.318. The maximum absolute atomic E-state index is 10.4. The lowest BCUT2D eigenvalue weighted by Gasteiger charge is -2.22. The normalized spacial score (nSPS) is 24.9. The standard InChI is InChI=1S/C17H20O/c18-17-12-3-1-2-10-16(17)15-11-6-8-13-7-4-5-9-14(13)15/h4-9,11,16-18H,1-3,10,12H2/t16-,17+/m0/s1. The van der Waals surface area contributed by atoms with Crippen LogP contribution in [0, 0.1) is 0 Å². The molecular weight excluding hydrogens is 220 g/mol. The minimum Gasteiger partial charge on any atom is -0.392 e. The maximum atomic E-state index is 10.4. The second-order valence-electron chi connectivity index (χ2n) is 5.38. The zero-order valence-corrected chi connectivity index (χ0v) is 10.7. The summed E-state index contributed by atoms with van der Waals surface area (Å²) in [5.41, 5.74) is 1.34. The lowest BCUT2D eigenvalue weighted by atomic mass is 9.86. The van der Waals surface area contributed by atoms with Gasteiger partial charge in [-0.15, -0.1) is 0 Å². The van der Waals surface area contributed by atoms with E-state index in [2.05, 4.69) is 42.5 Å². The third kappa shape index (κ3) is 2.15. The van der Waals surface area contributed by atoms with Crippen molar-refractivity contribution < 1.29 is 5.11 Å². The van der Waals surface area contributed by atoms with Crippen LogP contribution in [-0.2, 0) is 0 Å². The van der Waals surface area contributed by atoms with Gasteiger partial charge in [-0.1, -0.05) is 61.7 Å². The van der Waals surface area contributed by atoms with E-state index in [1.54, 1.807) is 0 Å². The van der Waals surface area contributed by atoms with Crippen LogP contribution in [-0.4, -0.2) is 11.2 Å². The third-order valence-electron chi connectivity index (χ3n) is 4.20. The minimum absolute atomic E-state index is 0.168. The number of rotatable bonds is 1. The molecule has 2 aromatic rings. The van der Waals surface area contributed by atoms with Crippen LogP contribution in [0.3, 0.4) is 0 Å². The summed E-state index contributed by atoms with van der Waals surface area (Å²) in [4.78, 5) is 0. The summed E-state index contributed by atoms with van der Waals surface area (Å²) < 4.78 is 0. The van der Waals surface area contributed by atoms with Crippen molar-refractivity contribution in [3.8, 4) is 0 Å². The molecule has 0 aromatic heterocycles. The fraction of sp³-hybridized carbons (Fsp3) is 0.412. The van der Waals surface area contributed by atoms with Crippen LogP contribution in [0.2, 0.25) is 0 Å². The van der Waals surface area contributed by atoms with Gasteiger partial charge in [-0.3, -0.25) is 0 Å². The van der Waals surface area contributed by atoms with Gasteiger partial charge in [0.1, 0.15) is 0 Å². The molecule has 1 aliphatic carbocycles. The summed E-state index contributed by atoms with van der Waals surface area (Å²) in [7, 11) is 0. The minimum atomic E-state index is -0.168. The molecule has 0 amide bonds. The zero-order valence-electron chi connectivity index (χ0n) is 10.7. The van der Waals surface area contributed by atoms with Crippen molar-refractivity contribution in [2.24, 2.45) is 0 Å². The van der Waals surface area contributed by atoms with Crippen LogP contribution in [0.1, 0.15) is 43.6 Å². The highest BCUT2D eigenvalue weighted by atomic mass is 16.3. The Hall–Kier alpha value is -1.34. The molecule has 2 aromatic carbocycles. The molecule has 94 valence electrons. The van der Waals surface area contributed by atoms with E-state index in [-0.39, 0.29) is 6.10 Å². The molecule has 0 unspecified atom stereocenters. The number of fused-ring (bicyclic) bond motifs is 1. The van der Waals surface area contributed by atoms with Gasteiger partial charge in [0.25, 0.3) is 0 Å². The predicted octanol–water partition coefficient (Wildman–Crippen LogP) is 4.25.